The normalized spacial score (nSPS) is 10.3. The maximum atomic E-state index is 11.1. The van der Waals surface area contributed by atoms with Gasteiger partial charge in [-0.3, -0.25) is 5.43 Å². The second kappa shape index (κ2) is 7.69. The second-order valence-electron chi connectivity index (χ2n) is 4.06. The number of rotatable bonds is 6. The van der Waals surface area contributed by atoms with Crippen LogP contribution in [0, 0.1) is 0 Å². The van der Waals surface area contributed by atoms with Crippen LogP contribution in [0.3, 0.4) is 0 Å². The van der Waals surface area contributed by atoms with Crippen molar-refractivity contribution < 1.29 is 14.3 Å². The fourth-order valence-electron chi connectivity index (χ4n) is 1.56. The summed E-state index contributed by atoms with van der Waals surface area (Å²) in [5.41, 5.74) is 3.48. The highest BCUT2D eigenvalue weighted by atomic mass is 16.5. The van der Waals surface area contributed by atoms with Gasteiger partial charge in [-0.2, -0.15) is 5.10 Å². The molecule has 0 saturated heterocycles. The first-order valence-electron chi connectivity index (χ1n) is 6.56. The van der Waals surface area contributed by atoms with Gasteiger partial charge in [-0.25, -0.2) is 4.79 Å². The molecule has 0 radical (unpaired) electrons. The van der Waals surface area contributed by atoms with Gasteiger partial charge in [0.05, 0.1) is 12.3 Å². The van der Waals surface area contributed by atoms with Crippen LogP contribution in [-0.4, -0.2) is 18.8 Å². The molecule has 0 aromatic heterocycles. The Morgan fingerprint density at radius 3 is 2.43 bits per heavy atom. The molecule has 0 aliphatic heterocycles. The van der Waals surface area contributed by atoms with E-state index < -0.39 is 5.97 Å². The highest BCUT2D eigenvalue weighted by Gasteiger charge is 1.97. The summed E-state index contributed by atoms with van der Waals surface area (Å²) in [5.74, 6) is 1.02. The number of benzene rings is 2. The lowest BCUT2D eigenvalue weighted by Crippen LogP contribution is -2.06. The Labute approximate surface area is 123 Å². The van der Waals surface area contributed by atoms with Crippen LogP contribution in [0.25, 0.3) is 0 Å². The summed E-state index contributed by atoms with van der Waals surface area (Å²) in [7, 11) is 0. The SMILES string of the molecule is CCOC(=O)/C=N\Nc1ccc(Oc2ccccc2)cc1. The van der Waals surface area contributed by atoms with Gasteiger partial charge in [0.2, 0.25) is 0 Å². The van der Waals surface area contributed by atoms with E-state index in [-0.39, 0.29) is 0 Å². The molecule has 0 aliphatic rings. The molecule has 108 valence electrons. The Hall–Kier alpha value is -2.82. The van der Waals surface area contributed by atoms with Crippen LogP contribution >= 0.6 is 0 Å². The largest absolute Gasteiger partial charge is 0.462 e. The molecule has 2 aromatic carbocycles. The van der Waals surface area contributed by atoms with Crippen molar-refractivity contribution in [1.29, 1.82) is 0 Å². The standard InChI is InChI=1S/C16H16N2O3/c1-2-20-16(19)12-17-18-13-8-10-15(11-9-13)21-14-6-4-3-5-7-14/h3-12,18H,2H2,1H3/b17-12-. The smallest absolute Gasteiger partial charge is 0.351 e. The molecule has 21 heavy (non-hydrogen) atoms. The van der Waals surface area contributed by atoms with E-state index in [1.807, 2.05) is 42.5 Å². The molecule has 0 amide bonds. The maximum Gasteiger partial charge on any atom is 0.351 e. The summed E-state index contributed by atoms with van der Waals surface area (Å²) >= 11 is 0. The Balaban J connectivity index is 1.89. The first-order valence-corrected chi connectivity index (χ1v) is 6.56. The molecule has 0 fully saturated rings. The van der Waals surface area contributed by atoms with Crippen molar-refractivity contribution in [1.82, 2.24) is 0 Å². The molecule has 0 atom stereocenters. The van der Waals surface area contributed by atoms with Crippen LogP contribution in [0.15, 0.2) is 59.7 Å². The number of hydrazone groups is 1. The Kier molecular flexibility index (Phi) is 5.34. The number of esters is 1. The summed E-state index contributed by atoms with van der Waals surface area (Å²) in [6.45, 7) is 2.07. The Morgan fingerprint density at radius 1 is 1.10 bits per heavy atom. The Morgan fingerprint density at radius 2 is 1.76 bits per heavy atom. The topological polar surface area (TPSA) is 59.9 Å². The molecule has 0 saturated carbocycles. The van der Waals surface area contributed by atoms with Gasteiger partial charge in [-0.15, -0.1) is 0 Å². The third kappa shape index (κ3) is 4.99. The third-order valence-electron chi connectivity index (χ3n) is 2.48. The lowest BCUT2D eigenvalue weighted by atomic mass is 10.3. The molecule has 0 unspecified atom stereocenters. The van der Waals surface area contributed by atoms with Gasteiger partial charge in [0, 0.05) is 0 Å². The van der Waals surface area contributed by atoms with Crippen molar-refractivity contribution in [2.45, 2.75) is 6.92 Å². The summed E-state index contributed by atoms with van der Waals surface area (Å²) in [5, 5.41) is 3.78. The first-order chi connectivity index (χ1) is 10.3. The van der Waals surface area contributed by atoms with Gasteiger partial charge in [0.1, 0.15) is 17.7 Å². The van der Waals surface area contributed by atoms with Crippen molar-refractivity contribution >= 4 is 17.9 Å². The van der Waals surface area contributed by atoms with Gasteiger partial charge in [-0.05, 0) is 43.3 Å². The molecule has 0 heterocycles. The van der Waals surface area contributed by atoms with E-state index in [0.29, 0.717) is 6.61 Å². The predicted octanol–water partition coefficient (Wildman–Crippen LogP) is 3.44. The number of carbonyl (C=O) groups excluding carboxylic acids is 1. The minimum absolute atomic E-state index is 0.330. The summed E-state index contributed by atoms with van der Waals surface area (Å²) in [4.78, 5) is 11.1. The highest BCUT2D eigenvalue weighted by Crippen LogP contribution is 2.22. The molecule has 0 aliphatic carbocycles. The number of nitrogens with one attached hydrogen (secondary N) is 1. The molecular formula is C16H16N2O3. The van der Waals surface area contributed by atoms with E-state index in [0.717, 1.165) is 23.4 Å². The van der Waals surface area contributed by atoms with Crippen molar-refractivity contribution in [3.8, 4) is 11.5 Å². The third-order valence-corrected chi connectivity index (χ3v) is 2.48. The fraction of sp³-hybridized carbons (Fsp3) is 0.125. The van der Waals surface area contributed by atoms with Crippen molar-refractivity contribution in [2.75, 3.05) is 12.0 Å². The number of hydrogen-bond donors (Lipinski definition) is 1. The average molecular weight is 284 g/mol. The quantitative estimate of drug-likeness (QED) is 0.501. The highest BCUT2D eigenvalue weighted by molar-refractivity contribution is 6.23. The van der Waals surface area contributed by atoms with E-state index >= 15 is 0 Å². The molecule has 0 spiro atoms. The molecule has 1 N–H and O–H groups in total. The Bertz CT molecular complexity index is 595. The van der Waals surface area contributed by atoms with Crippen LogP contribution in [-0.2, 0) is 9.53 Å². The molecular weight excluding hydrogens is 268 g/mol. The molecule has 0 bridgehead atoms. The van der Waals surface area contributed by atoms with Crippen molar-refractivity contribution in [2.24, 2.45) is 5.10 Å². The van der Waals surface area contributed by atoms with E-state index in [1.54, 1.807) is 19.1 Å². The van der Waals surface area contributed by atoms with Crippen LogP contribution in [0.4, 0.5) is 5.69 Å². The number of hydrogen-bond acceptors (Lipinski definition) is 5. The monoisotopic (exact) mass is 284 g/mol. The van der Waals surface area contributed by atoms with Crippen LogP contribution in [0.1, 0.15) is 6.92 Å². The molecule has 2 aromatic rings. The van der Waals surface area contributed by atoms with Crippen molar-refractivity contribution in [3.05, 3.63) is 54.6 Å². The zero-order valence-corrected chi connectivity index (χ0v) is 11.7. The second-order valence-corrected chi connectivity index (χ2v) is 4.06. The van der Waals surface area contributed by atoms with Gasteiger partial charge < -0.3 is 9.47 Å². The average Bonchev–Trinajstić information content (AvgIpc) is 2.50. The van der Waals surface area contributed by atoms with Gasteiger partial charge in [0.15, 0.2) is 0 Å². The fourth-order valence-corrected chi connectivity index (χ4v) is 1.56. The lowest BCUT2D eigenvalue weighted by Gasteiger charge is -2.06. The van der Waals surface area contributed by atoms with Gasteiger partial charge >= 0.3 is 5.97 Å². The molecule has 5 heteroatoms. The predicted molar refractivity (Wildman–Crippen MR) is 81.7 cm³/mol. The lowest BCUT2D eigenvalue weighted by molar-refractivity contribution is -0.134. The zero-order chi connectivity index (χ0) is 14.9. The number of carbonyl (C=O) groups is 1. The van der Waals surface area contributed by atoms with E-state index in [1.165, 1.54) is 0 Å². The molecule has 5 nitrogen and oxygen atoms in total. The van der Waals surface area contributed by atoms with Crippen molar-refractivity contribution in [3.63, 3.8) is 0 Å². The van der Waals surface area contributed by atoms with E-state index in [4.69, 9.17) is 9.47 Å². The van der Waals surface area contributed by atoms with Crippen LogP contribution in [0.2, 0.25) is 0 Å². The van der Waals surface area contributed by atoms with Gasteiger partial charge in [-0.1, -0.05) is 18.2 Å². The number of ether oxygens (including phenoxy) is 2. The number of para-hydroxylation sites is 1. The number of nitrogens with zero attached hydrogens (tertiary/aromatic N) is 1. The molecule has 2 rings (SSSR count). The number of anilines is 1. The minimum atomic E-state index is -0.478. The first kappa shape index (κ1) is 14.6. The van der Waals surface area contributed by atoms with Crippen LogP contribution in [0.5, 0.6) is 11.5 Å². The van der Waals surface area contributed by atoms with Crippen LogP contribution < -0.4 is 10.2 Å². The summed E-state index contributed by atoms with van der Waals surface area (Å²) < 4.78 is 10.4. The minimum Gasteiger partial charge on any atom is -0.462 e. The summed E-state index contributed by atoms with van der Waals surface area (Å²) in [6, 6.07) is 16.8. The zero-order valence-electron chi connectivity index (χ0n) is 11.7. The summed E-state index contributed by atoms with van der Waals surface area (Å²) in [6.07, 6.45) is 1.10. The van der Waals surface area contributed by atoms with E-state index in [9.17, 15) is 4.79 Å². The van der Waals surface area contributed by atoms with Gasteiger partial charge in [0.25, 0.3) is 0 Å². The van der Waals surface area contributed by atoms with E-state index in [2.05, 4.69) is 10.5 Å². The maximum absolute atomic E-state index is 11.1.